The minimum absolute atomic E-state index is 0.0852. The molecule has 0 bridgehead atoms. The molecule has 1 fully saturated rings. The number of halogens is 2. The molecule has 0 aromatic heterocycles. The summed E-state index contributed by atoms with van der Waals surface area (Å²) < 4.78 is 14.9. The molecule has 1 saturated carbocycles. The number of nitrogens with one attached hydrogen (secondary N) is 2. The molecule has 1 heterocycles. The maximum Gasteiger partial charge on any atom is 0.190 e. The predicted molar refractivity (Wildman–Crippen MR) is 102 cm³/mol. The van der Waals surface area contributed by atoms with E-state index in [9.17, 15) is 20.2 Å². The molecule has 28 heavy (non-hydrogen) atoms. The van der Waals surface area contributed by atoms with Gasteiger partial charge in [0.1, 0.15) is 11.7 Å². The van der Waals surface area contributed by atoms with E-state index >= 15 is 0 Å². The second-order valence-electron chi connectivity index (χ2n) is 7.34. The van der Waals surface area contributed by atoms with Crippen molar-refractivity contribution >= 4 is 17.3 Å². The van der Waals surface area contributed by atoms with Crippen LogP contribution in [-0.4, -0.2) is 25.3 Å². The van der Waals surface area contributed by atoms with Gasteiger partial charge in [0.15, 0.2) is 5.41 Å². The Morgan fingerprint density at radius 2 is 2.04 bits per heavy atom. The molecule has 0 spiro atoms. The molecule has 142 valence electrons. The van der Waals surface area contributed by atoms with Crippen molar-refractivity contribution in [2.24, 2.45) is 17.3 Å². The van der Waals surface area contributed by atoms with Crippen molar-refractivity contribution in [2.45, 2.75) is 19.3 Å². The lowest BCUT2D eigenvalue weighted by Crippen LogP contribution is -3.13. The van der Waals surface area contributed by atoms with Crippen LogP contribution in [0.4, 0.5) is 4.39 Å². The highest BCUT2D eigenvalue weighted by Crippen LogP contribution is 2.54. The van der Waals surface area contributed by atoms with E-state index in [1.807, 2.05) is 18.2 Å². The SMILES string of the molecule is CCC[NH+]1CC=C2C(C#N)C(=N)C(C#N)(C#N)[C@@H](c3c(F)cccc3Cl)[C@@H]2C1. The predicted octanol–water partition coefficient (Wildman–Crippen LogP) is 2.62. The zero-order chi connectivity index (χ0) is 20.5. The van der Waals surface area contributed by atoms with E-state index in [1.54, 1.807) is 0 Å². The normalized spacial score (nSPS) is 28.3. The summed E-state index contributed by atoms with van der Waals surface area (Å²) in [5.74, 6) is -2.90. The van der Waals surface area contributed by atoms with Gasteiger partial charge in [-0.2, -0.15) is 15.8 Å². The summed E-state index contributed by atoms with van der Waals surface area (Å²) in [6.07, 6.45) is 2.89. The Kier molecular flexibility index (Phi) is 5.52. The van der Waals surface area contributed by atoms with Crippen LogP contribution in [-0.2, 0) is 0 Å². The van der Waals surface area contributed by atoms with E-state index in [0.29, 0.717) is 18.7 Å². The molecule has 2 aliphatic rings. The van der Waals surface area contributed by atoms with E-state index < -0.39 is 29.0 Å². The molecule has 3 rings (SSSR count). The second-order valence-corrected chi connectivity index (χ2v) is 7.75. The lowest BCUT2D eigenvalue weighted by molar-refractivity contribution is -0.899. The molecule has 1 aliphatic carbocycles. The fourth-order valence-corrected chi connectivity index (χ4v) is 4.92. The Bertz CT molecular complexity index is 930. The largest absolute Gasteiger partial charge is 0.331 e. The van der Waals surface area contributed by atoms with Crippen molar-refractivity contribution in [3.05, 3.63) is 46.3 Å². The number of quaternary nitrogens is 1. The zero-order valence-electron chi connectivity index (χ0n) is 15.5. The molecule has 0 amide bonds. The van der Waals surface area contributed by atoms with E-state index in [-0.39, 0.29) is 16.3 Å². The van der Waals surface area contributed by atoms with Crippen LogP contribution in [0.15, 0.2) is 29.8 Å². The van der Waals surface area contributed by atoms with Crippen molar-refractivity contribution in [1.29, 1.82) is 21.2 Å². The Hall–Kier alpha value is -2.72. The van der Waals surface area contributed by atoms with Crippen LogP contribution >= 0.6 is 11.6 Å². The first-order valence-corrected chi connectivity index (χ1v) is 9.61. The second kappa shape index (κ2) is 7.72. The molecule has 0 radical (unpaired) electrons. The molecular weight excluding hydrogens is 377 g/mol. The molecule has 7 heteroatoms. The van der Waals surface area contributed by atoms with Gasteiger partial charge in [0.25, 0.3) is 0 Å². The molecule has 2 unspecified atom stereocenters. The summed E-state index contributed by atoms with van der Waals surface area (Å²) in [4.78, 5) is 1.24. The summed E-state index contributed by atoms with van der Waals surface area (Å²) in [5.41, 5.74) is -1.44. The summed E-state index contributed by atoms with van der Waals surface area (Å²) in [7, 11) is 0. The maximum atomic E-state index is 14.9. The highest BCUT2D eigenvalue weighted by atomic mass is 35.5. The molecule has 0 saturated heterocycles. The Morgan fingerprint density at radius 1 is 1.32 bits per heavy atom. The topological polar surface area (TPSA) is 99.7 Å². The van der Waals surface area contributed by atoms with Gasteiger partial charge in [-0.1, -0.05) is 24.6 Å². The average molecular weight is 397 g/mol. The lowest BCUT2D eigenvalue weighted by Gasteiger charge is -2.46. The van der Waals surface area contributed by atoms with Crippen LogP contribution in [0.3, 0.4) is 0 Å². The molecule has 1 aromatic rings. The van der Waals surface area contributed by atoms with Gasteiger partial charge in [-0.3, -0.25) is 0 Å². The molecule has 1 aromatic carbocycles. The van der Waals surface area contributed by atoms with Gasteiger partial charge in [-0.15, -0.1) is 0 Å². The smallest absolute Gasteiger partial charge is 0.190 e. The summed E-state index contributed by atoms with van der Waals surface area (Å²) >= 11 is 6.33. The standard InChI is InChI=1S/C21H19ClFN5/c1-2-7-28-8-6-13-14(9-24)20(27)21(11-25,12-26)19(15(13)10-28)18-16(22)4-3-5-17(18)23/h3-6,14-15,19,27H,2,7-8,10H2,1H3/p+1/t14?,15-,19-/m1/s1. The fourth-order valence-electron chi connectivity index (χ4n) is 4.64. The van der Waals surface area contributed by atoms with Crippen LogP contribution in [0.5, 0.6) is 0 Å². The van der Waals surface area contributed by atoms with Gasteiger partial charge in [0.05, 0.1) is 43.6 Å². The van der Waals surface area contributed by atoms with Crippen LogP contribution in [0.2, 0.25) is 5.02 Å². The van der Waals surface area contributed by atoms with Crippen molar-refractivity contribution in [2.75, 3.05) is 19.6 Å². The molecule has 5 nitrogen and oxygen atoms in total. The summed E-state index contributed by atoms with van der Waals surface area (Å²) in [5, 5.41) is 38.3. The average Bonchev–Trinajstić information content (AvgIpc) is 2.69. The Labute approximate surface area is 168 Å². The number of fused-ring (bicyclic) bond motifs is 1. The van der Waals surface area contributed by atoms with E-state index in [4.69, 9.17) is 17.0 Å². The first-order chi connectivity index (χ1) is 13.4. The Morgan fingerprint density at radius 3 is 2.61 bits per heavy atom. The number of rotatable bonds is 3. The van der Waals surface area contributed by atoms with E-state index in [1.165, 1.54) is 23.1 Å². The fraction of sp³-hybridized carbons (Fsp3) is 0.429. The van der Waals surface area contributed by atoms with Gasteiger partial charge in [0, 0.05) is 22.4 Å². The first kappa shape index (κ1) is 20.0. The Balaban J connectivity index is 2.29. The number of nitrogens with zero attached hydrogens (tertiary/aromatic N) is 3. The van der Waals surface area contributed by atoms with Crippen LogP contribution in [0, 0.1) is 62.5 Å². The number of hydrogen-bond acceptors (Lipinski definition) is 4. The van der Waals surface area contributed by atoms with Crippen LogP contribution in [0.1, 0.15) is 24.8 Å². The number of benzene rings is 1. The molecular formula is C21H20ClFN5+. The maximum absolute atomic E-state index is 14.9. The first-order valence-electron chi connectivity index (χ1n) is 9.23. The van der Waals surface area contributed by atoms with Gasteiger partial charge < -0.3 is 10.3 Å². The third-order valence-corrected chi connectivity index (χ3v) is 6.20. The van der Waals surface area contributed by atoms with Crippen molar-refractivity contribution in [1.82, 2.24) is 0 Å². The van der Waals surface area contributed by atoms with Crippen molar-refractivity contribution in [3.8, 4) is 18.2 Å². The van der Waals surface area contributed by atoms with Crippen molar-refractivity contribution in [3.63, 3.8) is 0 Å². The van der Waals surface area contributed by atoms with Gasteiger partial charge in [0.2, 0.25) is 0 Å². The highest BCUT2D eigenvalue weighted by Gasteiger charge is 2.59. The highest BCUT2D eigenvalue weighted by molar-refractivity contribution is 6.31. The minimum atomic E-state index is -1.94. The monoisotopic (exact) mass is 396 g/mol. The van der Waals surface area contributed by atoms with Gasteiger partial charge in [-0.05, 0) is 30.2 Å². The zero-order valence-corrected chi connectivity index (χ0v) is 16.2. The number of hydrogen-bond donors (Lipinski definition) is 2. The minimum Gasteiger partial charge on any atom is -0.331 e. The third kappa shape index (κ3) is 2.89. The van der Waals surface area contributed by atoms with Crippen molar-refractivity contribution < 1.29 is 9.29 Å². The van der Waals surface area contributed by atoms with Crippen LogP contribution in [0.25, 0.3) is 0 Å². The summed E-state index contributed by atoms with van der Waals surface area (Å²) in [6.45, 7) is 4.22. The van der Waals surface area contributed by atoms with Gasteiger partial charge >= 0.3 is 0 Å². The summed E-state index contributed by atoms with van der Waals surface area (Å²) in [6, 6.07) is 10.3. The third-order valence-electron chi connectivity index (χ3n) is 5.87. The van der Waals surface area contributed by atoms with E-state index in [2.05, 4.69) is 13.0 Å². The lowest BCUT2D eigenvalue weighted by atomic mass is 9.54. The molecule has 1 aliphatic heterocycles. The molecule has 4 atom stereocenters. The molecule has 2 N–H and O–H groups in total. The van der Waals surface area contributed by atoms with Crippen LogP contribution < -0.4 is 4.90 Å². The van der Waals surface area contributed by atoms with E-state index in [0.717, 1.165) is 13.0 Å². The quantitative estimate of drug-likeness (QED) is 0.768. The number of nitriles is 3. The van der Waals surface area contributed by atoms with Gasteiger partial charge in [-0.25, -0.2) is 4.39 Å².